The van der Waals surface area contributed by atoms with Crippen molar-refractivity contribution in [1.29, 1.82) is 0 Å². The van der Waals surface area contributed by atoms with Gasteiger partial charge in [-0.1, -0.05) is 6.07 Å². The maximum Gasteiger partial charge on any atom is 0.255 e. The van der Waals surface area contributed by atoms with Gasteiger partial charge in [-0.3, -0.25) is 9.78 Å². The van der Waals surface area contributed by atoms with Crippen molar-refractivity contribution in [2.75, 3.05) is 5.32 Å². The number of carbonyl (C=O) groups is 1. The molecule has 0 bridgehead atoms. The Hall–Kier alpha value is -3.09. The largest absolute Gasteiger partial charge is 0.322 e. The van der Waals surface area contributed by atoms with Crippen molar-refractivity contribution in [1.82, 2.24) is 25.2 Å². The molecule has 0 aliphatic rings. The molecule has 2 aromatic heterocycles. The number of hydrogen-bond acceptors (Lipinski definition) is 5. The summed E-state index contributed by atoms with van der Waals surface area (Å²) in [5.74, 6) is -0.193. The summed E-state index contributed by atoms with van der Waals surface area (Å²) in [6.07, 6.45) is 4.64. The zero-order chi connectivity index (χ0) is 13.8. The number of amides is 1. The fraction of sp³-hybridized carbons (Fsp3) is 0. The number of rotatable bonds is 3. The summed E-state index contributed by atoms with van der Waals surface area (Å²) in [6, 6.07) is 10.6. The molecule has 20 heavy (non-hydrogen) atoms. The van der Waals surface area contributed by atoms with Crippen LogP contribution in [0, 0.1) is 0 Å². The number of benzene rings is 1. The summed E-state index contributed by atoms with van der Waals surface area (Å²) < 4.78 is 1.52. The molecule has 0 radical (unpaired) electrons. The Balaban J connectivity index is 1.82. The molecule has 0 fully saturated rings. The second kappa shape index (κ2) is 5.27. The Bertz CT molecular complexity index is 711. The van der Waals surface area contributed by atoms with E-state index in [0.717, 1.165) is 5.69 Å². The number of carbonyl (C=O) groups excluding carboxylic acids is 1. The van der Waals surface area contributed by atoms with Gasteiger partial charge < -0.3 is 5.32 Å². The van der Waals surface area contributed by atoms with Crippen LogP contribution in [0.2, 0.25) is 0 Å². The lowest BCUT2D eigenvalue weighted by Crippen LogP contribution is -2.12. The molecule has 7 heteroatoms. The molecule has 0 unspecified atom stereocenters. The van der Waals surface area contributed by atoms with Gasteiger partial charge in [0.25, 0.3) is 5.91 Å². The van der Waals surface area contributed by atoms with Crippen LogP contribution in [0.4, 0.5) is 5.69 Å². The van der Waals surface area contributed by atoms with Crippen LogP contribution in [-0.2, 0) is 0 Å². The zero-order valence-electron chi connectivity index (χ0n) is 10.3. The van der Waals surface area contributed by atoms with E-state index in [2.05, 4.69) is 25.8 Å². The van der Waals surface area contributed by atoms with Gasteiger partial charge in [-0.05, 0) is 40.8 Å². The molecule has 3 aromatic rings. The highest BCUT2D eigenvalue weighted by Crippen LogP contribution is 2.14. The number of tetrazole rings is 1. The van der Waals surface area contributed by atoms with Crippen molar-refractivity contribution >= 4 is 11.6 Å². The molecule has 3 rings (SSSR count). The molecule has 0 atom stereocenters. The second-order valence-electron chi connectivity index (χ2n) is 3.99. The number of aromatic nitrogens is 5. The average molecular weight is 266 g/mol. The first kappa shape index (κ1) is 12.0. The highest BCUT2D eigenvalue weighted by Gasteiger charge is 2.06. The number of nitrogens with zero attached hydrogens (tertiary/aromatic N) is 5. The first-order chi connectivity index (χ1) is 9.83. The molecule has 0 aliphatic carbocycles. The first-order valence-corrected chi connectivity index (χ1v) is 5.88. The van der Waals surface area contributed by atoms with Crippen LogP contribution in [0.25, 0.3) is 5.69 Å². The third-order valence-electron chi connectivity index (χ3n) is 2.66. The normalized spacial score (nSPS) is 10.2. The molecule has 0 aliphatic heterocycles. The second-order valence-corrected chi connectivity index (χ2v) is 3.99. The molecule has 98 valence electrons. The van der Waals surface area contributed by atoms with Crippen LogP contribution in [-0.4, -0.2) is 31.1 Å². The maximum absolute atomic E-state index is 12.0. The third kappa shape index (κ3) is 2.51. The molecular formula is C13H10N6O. The van der Waals surface area contributed by atoms with Crippen molar-refractivity contribution < 1.29 is 4.79 Å². The van der Waals surface area contributed by atoms with Gasteiger partial charge in [-0.2, -0.15) is 0 Å². The van der Waals surface area contributed by atoms with E-state index in [0.29, 0.717) is 11.3 Å². The van der Waals surface area contributed by atoms with E-state index in [1.807, 2.05) is 12.1 Å². The molecule has 0 saturated heterocycles. The van der Waals surface area contributed by atoms with Gasteiger partial charge in [-0.25, -0.2) is 4.68 Å². The van der Waals surface area contributed by atoms with Gasteiger partial charge in [0, 0.05) is 23.6 Å². The van der Waals surface area contributed by atoms with E-state index < -0.39 is 0 Å². The Morgan fingerprint density at radius 3 is 2.75 bits per heavy atom. The van der Waals surface area contributed by atoms with E-state index in [4.69, 9.17) is 0 Å². The minimum Gasteiger partial charge on any atom is -0.322 e. The quantitative estimate of drug-likeness (QED) is 0.772. The van der Waals surface area contributed by atoms with Gasteiger partial charge >= 0.3 is 0 Å². The number of nitrogens with one attached hydrogen (secondary N) is 1. The van der Waals surface area contributed by atoms with Crippen LogP contribution >= 0.6 is 0 Å². The van der Waals surface area contributed by atoms with Gasteiger partial charge in [0.1, 0.15) is 6.33 Å². The smallest absolute Gasteiger partial charge is 0.255 e. The van der Waals surface area contributed by atoms with Crippen LogP contribution in [0.3, 0.4) is 0 Å². The summed E-state index contributed by atoms with van der Waals surface area (Å²) >= 11 is 0. The molecule has 1 N–H and O–H groups in total. The van der Waals surface area contributed by atoms with Crippen LogP contribution < -0.4 is 5.32 Å². The summed E-state index contributed by atoms with van der Waals surface area (Å²) in [5.41, 5.74) is 1.98. The minimum absolute atomic E-state index is 0.193. The zero-order valence-corrected chi connectivity index (χ0v) is 10.3. The molecule has 1 amide bonds. The fourth-order valence-electron chi connectivity index (χ4n) is 1.71. The van der Waals surface area contributed by atoms with Crippen molar-refractivity contribution in [3.8, 4) is 5.69 Å². The Kier molecular flexibility index (Phi) is 3.15. The first-order valence-electron chi connectivity index (χ1n) is 5.88. The highest BCUT2D eigenvalue weighted by molar-refractivity contribution is 6.04. The molecule has 0 saturated carbocycles. The predicted octanol–water partition coefficient (Wildman–Crippen LogP) is 1.31. The SMILES string of the molecule is O=C(Nc1cccc(-n2cnnn2)c1)c1ccncc1. The van der Waals surface area contributed by atoms with Crippen molar-refractivity contribution in [2.24, 2.45) is 0 Å². The van der Waals surface area contributed by atoms with Gasteiger partial charge in [0.05, 0.1) is 5.69 Å². The molecule has 2 heterocycles. The van der Waals surface area contributed by atoms with Gasteiger partial charge in [0.2, 0.25) is 0 Å². The summed E-state index contributed by atoms with van der Waals surface area (Å²) in [7, 11) is 0. The molecule has 0 spiro atoms. The Labute approximate surface area is 114 Å². The number of anilines is 1. The minimum atomic E-state index is -0.193. The van der Waals surface area contributed by atoms with E-state index in [9.17, 15) is 4.79 Å². The third-order valence-corrected chi connectivity index (χ3v) is 2.66. The fourth-order valence-corrected chi connectivity index (χ4v) is 1.71. The average Bonchev–Trinajstić information content (AvgIpc) is 3.03. The van der Waals surface area contributed by atoms with Crippen molar-refractivity contribution in [3.05, 3.63) is 60.7 Å². The molecule has 1 aromatic carbocycles. The van der Waals surface area contributed by atoms with Crippen LogP contribution in [0.15, 0.2) is 55.1 Å². The lowest BCUT2D eigenvalue weighted by atomic mass is 10.2. The highest BCUT2D eigenvalue weighted by atomic mass is 16.1. The lowest BCUT2D eigenvalue weighted by Gasteiger charge is -2.06. The number of pyridine rings is 1. The predicted molar refractivity (Wildman–Crippen MR) is 71.3 cm³/mol. The summed E-state index contributed by atoms with van der Waals surface area (Å²) in [6.45, 7) is 0. The van der Waals surface area contributed by atoms with Crippen LogP contribution in [0.1, 0.15) is 10.4 Å². The van der Waals surface area contributed by atoms with E-state index in [1.165, 1.54) is 11.0 Å². The summed E-state index contributed by atoms with van der Waals surface area (Å²) in [5, 5.41) is 13.8. The maximum atomic E-state index is 12.0. The Morgan fingerprint density at radius 2 is 2.00 bits per heavy atom. The van der Waals surface area contributed by atoms with E-state index >= 15 is 0 Å². The van der Waals surface area contributed by atoms with Crippen molar-refractivity contribution in [3.63, 3.8) is 0 Å². The van der Waals surface area contributed by atoms with Crippen LogP contribution in [0.5, 0.6) is 0 Å². The topological polar surface area (TPSA) is 85.6 Å². The summed E-state index contributed by atoms with van der Waals surface area (Å²) in [4.78, 5) is 15.9. The Morgan fingerprint density at radius 1 is 1.15 bits per heavy atom. The van der Waals surface area contributed by atoms with Gasteiger partial charge in [0.15, 0.2) is 0 Å². The lowest BCUT2D eigenvalue weighted by molar-refractivity contribution is 0.102. The molecular weight excluding hydrogens is 256 g/mol. The standard InChI is InChI=1S/C13H10N6O/c20-13(10-4-6-14-7-5-10)16-11-2-1-3-12(8-11)19-9-15-17-18-19/h1-9H,(H,16,20). The number of hydrogen-bond donors (Lipinski definition) is 1. The van der Waals surface area contributed by atoms with E-state index in [1.54, 1.807) is 36.7 Å². The monoisotopic (exact) mass is 266 g/mol. The molecule has 7 nitrogen and oxygen atoms in total. The van der Waals surface area contributed by atoms with Crippen molar-refractivity contribution in [2.45, 2.75) is 0 Å². The van der Waals surface area contributed by atoms with Gasteiger partial charge in [-0.15, -0.1) is 5.10 Å². The van der Waals surface area contributed by atoms with E-state index in [-0.39, 0.29) is 5.91 Å².